The van der Waals surface area contributed by atoms with Crippen molar-refractivity contribution < 1.29 is 4.79 Å². The highest BCUT2D eigenvalue weighted by Gasteiger charge is 2.34. The average molecular weight is 232 g/mol. The topological polar surface area (TPSA) is 46.3 Å². The van der Waals surface area contributed by atoms with Gasteiger partial charge in [0.1, 0.15) is 0 Å². The summed E-state index contributed by atoms with van der Waals surface area (Å²) in [4.78, 5) is 14.1. The van der Waals surface area contributed by atoms with E-state index in [9.17, 15) is 4.79 Å². The fourth-order valence-corrected chi connectivity index (χ4v) is 2.18. The highest BCUT2D eigenvalue weighted by molar-refractivity contribution is 5.96. The Morgan fingerprint density at radius 2 is 2.18 bits per heavy atom. The smallest absolute Gasteiger partial charge is 0.253 e. The molecule has 0 saturated heterocycles. The van der Waals surface area contributed by atoms with E-state index in [0.717, 1.165) is 23.6 Å². The molecule has 1 amide bonds. The molecule has 2 unspecified atom stereocenters. The van der Waals surface area contributed by atoms with Crippen LogP contribution in [0.15, 0.2) is 18.2 Å². The second-order valence-electron chi connectivity index (χ2n) is 5.18. The number of hydrogen-bond donors (Lipinski definition) is 1. The Morgan fingerprint density at radius 3 is 2.76 bits per heavy atom. The molecule has 2 N–H and O–H groups in total. The first kappa shape index (κ1) is 12.0. The first-order valence-corrected chi connectivity index (χ1v) is 6.11. The van der Waals surface area contributed by atoms with Gasteiger partial charge >= 0.3 is 0 Å². The summed E-state index contributed by atoms with van der Waals surface area (Å²) in [6.07, 6.45) is 1.24. The molecule has 0 bridgehead atoms. The van der Waals surface area contributed by atoms with Gasteiger partial charge in [0.2, 0.25) is 0 Å². The summed E-state index contributed by atoms with van der Waals surface area (Å²) in [5.41, 5.74) is 8.11. The molecule has 2 rings (SSSR count). The van der Waals surface area contributed by atoms with Crippen LogP contribution in [0.3, 0.4) is 0 Å². The quantitative estimate of drug-likeness (QED) is 0.813. The number of carbonyl (C=O) groups is 1. The van der Waals surface area contributed by atoms with E-state index in [1.54, 1.807) is 0 Å². The molecule has 3 heteroatoms. The first-order valence-electron chi connectivity index (χ1n) is 6.11. The second kappa shape index (κ2) is 4.40. The van der Waals surface area contributed by atoms with Gasteiger partial charge in [0, 0.05) is 24.8 Å². The summed E-state index contributed by atoms with van der Waals surface area (Å²) in [5, 5.41) is 0. The number of carbonyl (C=O) groups excluding carboxylic acids is 1. The van der Waals surface area contributed by atoms with Gasteiger partial charge in [0.05, 0.1) is 0 Å². The Morgan fingerprint density at radius 1 is 1.53 bits per heavy atom. The van der Waals surface area contributed by atoms with E-state index in [2.05, 4.69) is 6.92 Å². The highest BCUT2D eigenvalue weighted by Crippen LogP contribution is 2.38. The standard InChI is InChI=1S/C14H20N2O/c1-9-7-11(9)8-16(3)14(17)12-5-4-6-13(15)10(12)2/h4-6,9,11H,7-8,15H2,1-3H3. The fourth-order valence-electron chi connectivity index (χ4n) is 2.18. The van der Waals surface area contributed by atoms with E-state index >= 15 is 0 Å². The van der Waals surface area contributed by atoms with Gasteiger partial charge in [-0.2, -0.15) is 0 Å². The predicted molar refractivity (Wildman–Crippen MR) is 69.8 cm³/mol. The van der Waals surface area contributed by atoms with E-state index in [0.29, 0.717) is 11.6 Å². The van der Waals surface area contributed by atoms with Crippen molar-refractivity contribution in [2.75, 3.05) is 19.3 Å². The Balaban J connectivity index is 2.10. The molecule has 1 aromatic rings. The number of anilines is 1. The second-order valence-corrected chi connectivity index (χ2v) is 5.18. The molecular formula is C14H20N2O. The maximum absolute atomic E-state index is 12.3. The molecule has 3 nitrogen and oxygen atoms in total. The summed E-state index contributed by atoms with van der Waals surface area (Å²) in [7, 11) is 1.87. The van der Waals surface area contributed by atoms with Crippen molar-refractivity contribution in [1.82, 2.24) is 4.90 Å². The molecule has 17 heavy (non-hydrogen) atoms. The third kappa shape index (κ3) is 2.43. The van der Waals surface area contributed by atoms with Crippen LogP contribution in [0, 0.1) is 18.8 Å². The molecule has 0 spiro atoms. The zero-order valence-electron chi connectivity index (χ0n) is 10.7. The summed E-state index contributed by atoms with van der Waals surface area (Å²) in [5.74, 6) is 1.53. The lowest BCUT2D eigenvalue weighted by Gasteiger charge is -2.18. The van der Waals surface area contributed by atoms with Crippen molar-refractivity contribution >= 4 is 11.6 Å². The van der Waals surface area contributed by atoms with Crippen LogP contribution in [0.25, 0.3) is 0 Å². The largest absolute Gasteiger partial charge is 0.398 e. The van der Waals surface area contributed by atoms with Gasteiger partial charge < -0.3 is 10.6 Å². The Kier molecular flexibility index (Phi) is 3.09. The number of rotatable bonds is 3. The van der Waals surface area contributed by atoms with Crippen molar-refractivity contribution in [1.29, 1.82) is 0 Å². The SMILES string of the molecule is Cc1c(N)cccc1C(=O)N(C)CC1CC1C. The summed E-state index contributed by atoms with van der Waals surface area (Å²) in [6.45, 7) is 4.99. The number of hydrogen-bond acceptors (Lipinski definition) is 2. The third-order valence-corrected chi connectivity index (χ3v) is 3.74. The molecule has 0 heterocycles. The number of amides is 1. The van der Waals surface area contributed by atoms with E-state index in [-0.39, 0.29) is 5.91 Å². The van der Waals surface area contributed by atoms with Crippen molar-refractivity contribution in [2.45, 2.75) is 20.3 Å². The normalized spacial score (nSPS) is 22.3. The molecule has 1 aromatic carbocycles. The average Bonchev–Trinajstić information content (AvgIpc) is 2.97. The number of nitrogens with two attached hydrogens (primary N) is 1. The molecular weight excluding hydrogens is 212 g/mol. The van der Waals surface area contributed by atoms with Crippen LogP contribution >= 0.6 is 0 Å². The minimum Gasteiger partial charge on any atom is -0.398 e. The first-order chi connectivity index (χ1) is 8.00. The van der Waals surface area contributed by atoms with Crippen LogP contribution in [0.1, 0.15) is 29.3 Å². The lowest BCUT2D eigenvalue weighted by Crippen LogP contribution is -2.29. The van der Waals surface area contributed by atoms with Crippen LogP contribution in [0.2, 0.25) is 0 Å². The van der Waals surface area contributed by atoms with E-state index in [1.807, 2.05) is 37.1 Å². The zero-order chi connectivity index (χ0) is 12.6. The molecule has 0 aliphatic heterocycles. The van der Waals surface area contributed by atoms with Gasteiger partial charge in [0.25, 0.3) is 5.91 Å². The van der Waals surface area contributed by atoms with Crippen molar-refractivity contribution in [3.63, 3.8) is 0 Å². The predicted octanol–water partition coefficient (Wildman–Crippen LogP) is 2.31. The van der Waals surface area contributed by atoms with Crippen LogP contribution in [-0.2, 0) is 0 Å². The molecule has 0 aromatic heterocycles. The fraction of sp³-hybridized carbons (Fsp3) is 0.500. The van der Waals surface area contributed by atoms with E-state index in [1.165, 1.54) is 6.42 Å². The van der Waals surface area contributed by atoms with Crippen LogP contribution in [0.5, 0.6) is 0 Å². The van der Waals surface area contributed by atoms with Crippen LogP contribution < -0.4 is 5.73 Å². The monoisotopic (exact) mass is 232 g/mol. The zero-order valence-corrected chi connectivity index (χ0v) is 10.7. The van der Waals surface area contributed by atoms with Gasteiger partial charge in [-0.15, -0.1) is 0 Å². The molecule has 1 fully saturated rings. The van der Waals surface area contributed by atoms with Gasteiger partial charge in [0.15, 0.2) is 0 Å². The summed E-state index contributed by atoms with van der Waals surface area (Å²) >= 11 is 0. The van der Waals surface area contributed by atoms with Gasteiger partial charge in [-0.3, -0.25) is 4.79 Å². The van der Waals surface area contributed by atoms with Crippen molar-refractivity contribution in [3.05, 3.63) is 29.3 Å². The minimum atomic E-state index is 0.0777. The van der Waals surface area contributed by atoms with Crippen LogP contribution in [-0.4, -0.2) is 24.4 Å². The van der Waals surface area contributed by atoms with Crippen molar-refractivity contribution in [2.24, 2.45) is 11.8 Å². The number of benzene rings is 1. The lowest BCUT2D eigenvalue weighted by atomic mass is 10.1. The molecule has 0 radical (unpaired) electrons. The minimum absolute atomic E-state index is 0.0777. The summed E-state index contributed by atoms with van der Waals surface area (Å²) in [6, 6.07) is 5.51. The maximum Gasteiger partial charge on any atom is 0.253 e. The number of nitrogens with zero attached hydrogens (tertiary/aromatic N) is 1. The van der Waals surface area contributed by atoms with E-state index < -0.39 is 0 Å². The van der Waals surface area contributed by atoms with Crippen LogP contribution in [0.4, 0.5) is 5.69 Å². The number of nitrogen functional groups attached to an aromatic ring is 1. The third-order valence-electron chi connectivity index (χ3n) is 3.74. The maximum atomic E-state index is 12.3. The molecule has 1 aliphatic rings. The van der Waals surface area contributed by atoms with Gasteiger partial charge in [-0.25, -0.2) is 0 Å². The molecule has 92 valence electrons. The highest BCUT2D eigenvalue weighted by atomic mass is 16.2. The Labute approximate surface area is 103 Å². The molecule has 1 saturated carbocycles. The lowest BCUT2D eigenvalue weighted by molar-refractivity contribution is 0.0786. The van der Waals surface area contributed by atoms with Gasteiger partial charge in [-0.05, 0) is 42.9 Å². The molecule has 2 atom stereocenters. The summed E-state index contributed by atoms with van der Waals surface area (Å²) < 4.78 is 0. The Bertz CT molecular complexity index is 442. The van der Waals surface area contributed by atoms with Crippen molar-refractivity contribution in [3.8, 4) is 0 Å². The van der Waals surface area contributed by atoms with E-state index in [4.69, 9.17) is 5.73 Å². The Hall–Kier alpha value is -1.51. The van der Waals surface area contributed by atoms with Gasteiger partial charge in [-0.1, -0.05) is 13.0 Å². The molecule has 1 aliphatic carbocycles.